The van der Waals surface area contributed by atoms with Gasteiger partial charge in [0, 0.05) is 12.4 Å². The van der Waals surface area contributed by atoms with Crippen molar-refractivity contribution >= 4 is 12.0 Å². The maximum atomic E-state index is 11.8. The van der Waals surface area contributed by atoms with E-state index in [1.807, 2.05) is 0 Å². The van der Waals surface area contributed by atoms with Gasteiger partial charge in [0.25, 0.3) is 5.91 Å². The Morgan fingerprint density at radius 3 is 2.22 bits per heavy atom. The second-order valence-corrected chi connectivity index (χ2v) is 4.67. The maximum absolute atomic E-state index is 11.8. The fourth-order valence-corrected chi connectivity index (χ4v) is 1.04. The Bertz CT molecular complexity index is 450. The molecule has 7 heteroatoms. The summed E-state index contributed by atoms with van der Waals surface area (Å²) in [5, 5.41) is 0.402. The molecule has 0 aromatic carbocycles. The lowest BCUT2D eigenvalue weighted by atomic mass is 10.2. The summed E-state index contributed by atoms with van der Waals surface area (Å²) in [5.74, 6) is 5.19. The molecule has 1 aromatic heterocycles. The fourth-order valence-electron chi connectivity index (χ4n) is 1.04. The fraction of sp³-hybridized carbons (Fsp3) is 0.455. The summed E-state index contributed by atoms with van der Waals surface area (Å²) < 4.78 is 4.97. The third-order valence-electron chi connectivity index (χ3n) is 1.84. The number of nitrogens with two attached hydrogens (primary N) is 1. The highest BCUT2D eigenvalue weighted by molar-refractivity contribution is 6.01. The summed E-state index contributed by atoms with van der Waals surface area (Å²) in [6.45, 7) is 6.72. The van der Waals surface area contributed by atoms with Gasteiger partial charge in [-0.15, -0.1) is 0 Å². The summed E-state index contributed by atoms with van der Waals surface area (Å²) in [6, 6.07) is 0. The molecule has 98 valence electrons. The minimum atomic E-state index is -0.923. The van der Waals surface area contributed by atoms with E-state index in [-0.39, 0.29) is 5.56 Å². The lowest BCUT2D eigenvalue weighted by Crippen LogP contribution is -2.45. The molecule has 7 nitrogen and oxygen atoms in total. The molecule has 1 heterocycles. The maximum Gasteiger partial charge on any atom is 0.432 e. The van der Waals surface area contributed by atoms with Crippen molar-refractivity contribution < 1.29 is 14.3 Å². The van der Waals surface area contributed by atoms with Gasteiger partial charge in [0.2, 0.25) is 0 Å². The molecule has 0 bridgehead atoms. The van der Waals surface area contributed by atoms with Crippen LogP contribution in [0.4, 0.5) is 4.79 Å². The monoisotopic (exact) mass is 252 g/mol. The van der Waals surface area contributed by atoms with Crippen molar-refractivity contribution in [3.63, 3.8) is 0 Å². The van der Waals surface area contributed by atoms with Crippen molar-refractivity contribution in [2.75, 3.05) is 0 Å². The van der Waals surface area contributed by atoms with Gasteiger partial charge < -0.3 is 4.74 Å². The van der Waals surface area contributed by atoms with E-state index in [1.165, 1.54) is 12.4 Å². The minimum absolute atomic E-state index is 0.119. The van der Waals surface area contributed by atoms with Crippen LogP contribution in [-0.2, 0) is 4.74 Å². The summed E-state index contributed by atoms with van der Waals surface area (Å²) in [4.78, 5) is 31.1. The van der Waals surface area contributed by atoms with E-state index < -0.39 is 17.6 Å². The number of carbonyl (C=O) groups is 2. The highest BCUT2D eigenvalue weighted by Gasteiger charge is 2.25. The van der Waals surface area contributed by atoms with Crippen LogP contribution >= 0.6 is 0 Å². The lowest BCUT2D eigenvalue weighted by Gasteiger charge is -2.23. The van der Waals surface area contributed by atoms with Crippen LogP contribution in [0.25, 0.3) is 0 Å². The summed E-state index contributed by atoms with van der Waals surface area (Å²) in [5.41, 5.74) is -0.604. The highest BCUT2D eigenvalue weighted by Crippen LogP contribution is 2.10. The number of hydrogen-bond acceptors (Lipinski definition) is 6. The van der Waals surface area contributed by atoms with Gasteiger partial charge in [-0.1, -0.05) is 0 Å². The lowest BCUT2D eigenvalue weighted by molar-refractivity contribution is 0.0239. The molecular weight excluding hydrogens is 236 g/mol. The smallest absolute Gasteiger partial charge is 0.432 e. The molecule has 0 saturated carbocycles. The van der Waals surface area contributed by atoms with Crippen molar-refractivity contribution in [1.29, 1.82) is 0 Å². The van der Waals surface area contributed by atoms with Gasteiger partial charge in [-0.25, -0.2) is 20.6 Å². The first kappa shape index (κ1) is 14.0. The van der Waals surface area contributed by atoms with Crippen LogP contribution in [0.15, 0.2) is 12.4 Å². The van der Waals surface area contributed by atoms with E-state index in [9.17, 15) is 9.59 Å². The standard InChI is InChI=1S/C11H16N4O3/c1-7-13-5-8(6-14-7)9(16)15(12)10(17)18-11(2,3)4/h5-6H,12H2,1-4H3. The van der Waals surface area contributed by atoms with E-state index in [4.69, 9.17) is 10.6 Å². The second-order valence-electron chi connectivity index (χ2n) is 4.67. The summed E-state index contributed by atoms with van der Waals surface area (Å²) in [7, 11) is 0. The molecule has 0 radical (unpaired) electrons. The molecule has 2 amide bonds. The molecule has 1 rings (SSSR count). The van der Waals surface area contributed by atoms with Gasteiger partial charge in [-0.05, 0) is 27.7 Å². The van der Waals surface area contributed by atoms with Gasteiger partial charge in [0.15, 0.2) is 0 Å². The molecule has 18 heavy (non-hydrogen) atoms. The Labute approximate surface area is 105 Å². The van der Waals surface area contributed by atoms with E-state index in [0.717, 1.165) is 0 Å². The van der Waals surface area contributed by atoms with Crippen LogP contribution in [0.2, 0.25) is 0 Å². The highest BCUT2D eigenvalue weighted by atomic mass is 16.6. The Morgan fingerprint density at radius 1 is 1.28 bits per heavy atom. The SMILES string of the molecule is Cc1ncc(C(=O)N(N)C(=O)OC(C)(C)C)cn1. The van der Waals surface area contributed by atoms with E-state index >= 15 is 0 Å². The molecule has 0 aliphatic rings. The summed E-state index contributed by atoms with van der Waals surface area (Å²) >= 11 is 0. The van der Waals surface area contributed by atoms with E-state index in [1.54, 1.807) is 27.7 Å². The molecule has 0 spiro atoms. The zero-order valence-corrected chi connectivity index (χ0v) is 10.8. The van der Waals surface area contributed by atoms with Crippen molar-refractivity contribution in [3.05, 3.63) is 23.8 Å². The predicted molar refractivity (Wildman–Crippen MR) is 63.4 cm³/mol. The zero-order chi connectivity index (χ0) is 13.9. The second kappa shape index (κ2) is 5.09. The number of aryl methyl sites for hydroxylation is 1. The van der Waals surface area contributed by atoms with E-state index in [2.05, 4.69) is 9.97 Å². The molecule has 0 unspecified atom stereocenters. The number of imide groups is 1. The molecule has 2 N–H and O–H groups in total. The quantitative estimate of drug-likeness (QED) is 0.455. The molecule has 0 saturated heterocycles. The average molecular weight is 252 g/mol. The van der Waals surface area contributed by atoms with Crippen molar-refractivity contribution in [1.82, 2.24) is 15.0 Å². The van der Waals surface area contributed by atoms with Crippen LogP contribution in [0, 0.1) is 6.92 Å². The first-order valence-corrected chi connectivity index (χ1v) is 5.31. The number of nitrogens with zero attached hydrogens (tertiary/aromatic N) is 3. The number of hydrogen-bond donors (Lipinski definition) is 1. The number of carbonyl (C=O) groups excluding carboxylic acids is 2. The number of ether oxygens (including phenoxy) is 1. The Morgan fingerprint density at radius 2 is 1.78 bits per heavy atom. The molecular formula is C11H16N4O3. The Hall–Kier alpha value is -2.02. The van der Waals surface area contributed by atoms with Gasteiger partial charge in [0.1, 0.15) is 11.4 Å². The van der Waals surface area contributed by atoms with Crippen LogP contribution in [0.5, 0.6) is 0 Å². The molecule has 1 aromatic rings. The first-order chi connectivity index (χ1) is 8.20. The third kappa shape index (κ3) is 3.77. The van der Waals surface area contributed by atoms with Crippen LogP contribution in [0.1, 0.15) is 37.0 Å². The van der Waals surface area contributed by atoms with Crippen LogP contribution in [-0.4, -0.2) is 32.6 Å². The van der Waals surface area contributed by atoms with Crippen LogP contribution in [0.3, 0.4) is 0 Å². The minimum Gasteiger partial charge on any atom is -0.442 e. The Balaban J connectivity index is 2.78. The summed E-state index contributed by atoms with van der Waals surface area (Å²) in [6.07, 6.45) is 1.68. The predicted octanol–water partition coefficient (Wildman–Crippen LogP) is 1.04. The van der Waals surface area contributed by atoms with Gasteiger partial charge in [-0.2, -0.15) is 5.01 Å². The van der Waals surface area contributed by atoms with E-state index in [0.29, 0.717) is 10.8 Å². The molecule has 0 aliphatic heterocycles. The number of hydrazine groups is 1. The van der Waals surface area contributed by atoms with Crippen molar-refractivity contribution in [3.8, 4) is 0 Å². The van der Waals surface area contributed by atoms with Gasteiger partial charge in [-0.3, -0.25) is 4.79 Å². The van der Waals surface area contributed by atoms with Gasteiger partial charge >= 0.3 is 6.09 Å². The Kier molecular flexibility index (Phi) is 3.97. The zero-order valence-electron chi connectivity index (χ0n) is 10.8. The van der Waals surface area contributed by atoms with Crippen molar-refractivity contribution in [2.45, 2.75) is 33.3 Å². The number of rotatable bonds is 1. The number of aromatic nitrogens is 2. The third-order valence-corrected chi connectivity index (χ3v) is 1.84. The largest absolute Gasteiger partial charge is 0.442 e. The molecule has 0 atom stereocenters. The molecule has 0 aliphatic carbocycles. The van der Waals surface area contributed by atoms with Crippen molar-refractivity contribution in [2.24, 2.45) is 5.84 Å². The molecule has 0 fully saturated rings. The van der Waals surface area contributed by atoms with Gasteiger partial charge in [0.05, 0.1) is 5.56 Å². The van der Waals surface area contributed by atoms with Crippen LogP contribution < -0.4 is 5.84 Å². The number of amides is 2. The average Bonchev–Trinajstić information content (AvgIpc) is 2.26. The first-order valence-electron chi connectivity index (χ1n) is 5.31. The topological polar surface area (TPSA) is 98.4 Å². The normalized spacial score (nSPS) is 10.9.